The van der Waals surface area contributed by atoms with Crippen LogP contribution >= 0.6 is 0 Å². The maximum atomic E-state index is 2.38. The Labute approximate surface area is 110 Å². The second kappa shape index (κ2) is 3.98. The third-order valence-corrected chi connectivity index (χ3v) is 3.76. The first-order chi connectivity index (χ1) is 8.55. The third-order valence-electron chi connectivity index (χ3n) is 3.76. The van der Waals surface area contributed by atoms with Crippen LogP contribution in [0.1, 0.15) is 38.3 Å². The lowest BCUT2D eigenvalue weighted by atomic mass is 9.86. The van der Waals surface area contributed by atoms with Crippen molar-refractivity contribution in [1.82, 2.24) is 0 Å². The molecule has 1 aromatic carbocycles. The maximum absolute atomic E-state index is 2.38. The van der Waals surface area contributed by atoms with Crippen LogP contribution in [0.4, 0.5) is 0 Å². The van der Waals surface area contributed by atoms with E-state index in [2.05, 4.69) is 69.3 Å². The predicted octanol–water partition coefficient (Wildman–Crippen LogP) is 4.94. The molecule has 0 aromatic heterocycles. The Kier molecular flexibility index (Phi) is 2.55. The molecule has 0 bridgehead atoms. The first kappa shape index (κ1) is 11.5. The van der Waals surface area contributed by atoms with E-state index in [-0.39, 0.29) is 5.41 Å². The van der Waals surface area contributed by atoms with Crippen LogP contribution in [0.25, 0.3) is 6.08 Å². The third kappa shape index (κ3) is 1.86. The predicted molar refractivity (Wildman–Crippen MR) is 78.1 cm³/mol. The van der Waals surface area contributed by atoms with Gasteiger partial charge in [-0.25, -0.2) is 0 Å². The molecule has 0 saturated carbocycles. The van der Waals surface area contributed by atoms with Gasteiger partial charge in [0.05, 0.1) is 5.92 Å². The van der Waals surface area contributed by atoms with Crippen molar-refractivity contribution in [3.63, 3.8) is 0 Å². The summed E-state index contributed by atoms with van der Waals surface area (Å²) < 4.78 is 0. The minimum absolute atomic E-state index is 0.254. The van der Waals surface area contributed by atoms with Gasteiger partial charge in [0, 0.05) is 0 Å². The smallest absolute Gasteiger partial charge is 0.0526 e. The molecule has 1 aromatic rings. The Hall–Kier alpha value is -1.56. The molecule has 0 saturated heterocycles. The summed E-state index contributed by atoms with van der Waals surface area (Å²) in [6.45, 7) is 6.84. The quantitative estimate of drug-likeness (QED) is 0.647. The molecule has 0 atom stereocenters. The van der Waals surface area contributed by atoms with E-state index in [1.54, 1.807) is 0 Å². The number of hydrogen-bond donors (Lipinski definition) is 0. The van der Waals surface area contributed by atoms with Crippen LogP contribution in [0, 0.1) is 11.3 Å². The lowest BCUT2D eigenvalue weighted by molar-refractivity contribution is 0.517. The van der Waals surface area contributed by atoms with Crippen LogP contribution in [0.15, 0.2) is 53.6 Å². The van der Waals surface area contributed by atoms with Crippen LogP contribution in [-0.4, -0.2) is 0 Å². The van der Waals surface area contributed by atoms with Crippen molar-refractivity contribution in [2.24, 2.45) is 5.41 Å². The molecule has 2 aliphatic carbocycles. The molecule has 0 aliphatic heterocycles. The molecule has 0 fully saturated rings. The second-order valence-corrected chi connectivity index (χ2v) is 6.12. The van der Waals surface area contributed by atoms with Gasteiger partial charge in [-0.15, -0.1) is 0 Å². The number of fused-ring (bicyclic) bond motifs is 1. The Balaban J connectivity index is 1.91. The molecule has 0 heterocycles. The molecule has 1 radical (unpaired) electrons. The fraction of sp³-hybridized carbons (Fsp3) is 0.278. The Morgan fingerprint density at radius 1 is 1.00 bits per heavy atom. The number of benzene rings is 1. The van der Waals surface area contributed by atoms with E-state index in [1.807, 2.05) is 0 Å². The fourth-order valence-corrected chi connectivity index (χ4v) is 2.67. The van der Waals surface area contributed by atoms with Gasteiger partial charge in [-0.05, 0) is 28.5 Å². The minimum atomic E-state index is 0.254. The zero-order valence-corrected chi connectivity index (χ0v) is 11.3. The highest BCUT2D eigenvalue weighted by Gasteiger charge is 2.26. The second-order valence-electron chi connectivity index (χ2n) is 6.12. The van der Waals surface area contributed by atoms with Crippen molar-refractivity contribution < 1.29 is 0 Å². The summed E-state index contributed by atoms with van der Waals surface area (Å²) in [5.41, 5.74) is 5.90. The zero-order chi connectivity index (χ0) is 12.8. The van der Waals surface area contributed by atoms with Crippen molar-refractivity contribution in [3.05, 3.63) is 70.7 Å². The maximum Gasteiger partial charge on any atom is 0.0526 e. The van der Waals surface area contributed by atoms with Crippen molar-refractivity contribution in [2.75, 3.05) is 0 Å². The van der Waals surface area contributed by atoms with Crippen LogP contribution in [0.5, 0.6) is 0 Å². The standard InChI is InChI=1S/C18H19/c1-18(2,3)15-10-8-14(12-15)17-11-9-13-6-4-5-7-16(13)17/h4-7,9-12H,8H2,1-3H3. The number of rotatable bonds is 1. The van der Waals surface area contributed by atoms with Crippen molar-refractivity contribution in [2.45, 2.75) is 27.2 Å². The van der Waals surface area contributed by atoms with Crippen LogP contribution in [0.3, 0.4) is 0 Å². The topological polar surface area (TPSA) is 0 Å². The van der Waals surface area contributed by atoms with E-state index in [0.717, 1.165) is 6.42 Å². The van der Waals surface area contributed by atoms with Gasteiger partial charge in [0.1, 0.15) is 0 Å². The highest BCUT2D eigenvalue weighted by molar-refractivity contribution is 5.73. The Morgan fingerprint density at radius 2 is 1.78 bits per heavy atom. The lowest BCUT2D eigenvalue weighted by Crippen LogP contribution is -2.06. The molecule has 0 amide bonds. The molecule has 0 heteroatoms. The van der Waals surface area contributed by atoms with Gasteiger partial charge in [0.2, 0.25) is 0 Å². The summed E-state index contributed by atoms with van der Waals surface area (Å²) in [7, 11) is 0. The summed E-state index contributed by atoms with van der Waals surface area (Å²) in [5.74, 6) is 1.40. The summed E-state index contributed by atoms with van der Waals surface area (Å²) in [5, 5.41) is 0. The van der Waals surface area contributed by atoms with Crippen LogP contribution in [-0.2, 0) is 0 Å². The molecule has 0 unspecified atom stereocenters. The number of allylic oxidation sites excluding steroid dienone is 5. The van der Waals surface area contributed by atoms with Gasteiger partial charge in [-0.3, -0.25) is 0 Å². The summed E-state index contributed by atoms with van der Waals surface area (Å²) in [4.78, 5) is 0. The zero-order valence-electron chi connectivity index (χ0n) is 11.3. The van der Waals surface area contributed by atoms with Crippen molar-refractivity contribution in [1.29, 1.82) is 0 Å². The molecule has 0 nitrogen and oxygen atoms in total. The molecular weight excluding hydrogens is 216 g/mol. The van der Waals surface area contributed by atoms with Crippen LogP contribution in [0.2, 0.25) is 0 Å². The minimum Gasteiger partial charge on any atom is -0.0767 e. The number of hydrogen-bond acceptors (Lipinski definition) is 0. The summed E-state index contributed by atoms with van der Waals surface area (Å²) >= 11 is 0. The van der Waals surface area contributed by atoms with Gasteiger partial charge < -0.3 is 0 Å². The molecule has 2 aliphatic rings. The van der Waals surface area contributed by atoms with Gasteiger partial charge >= 0.3 is 0 Å². The van der Waals surface area contributed by atoms with E-state index in [1.165, 1.54) is 28.2 Å². The highest BCUT2D eigenvalue weighted by atomic mass is 14.3. The monoisotopic (exact) mass is 235 g/mol. The molecule has 91 valence electrons. The van der Waals surface area contributed by atoms with E-state index < -0.39 is 0 Å². The first-order valence-corrected chi connectivity index (χ1v) is 6.62. The van der Waals surface area contributed by atoms with E-state index in [9.17, 15) is 0 Å². The first-order valence-electron chi connectivity index (χ1n) is 6.62. The fourth-order valence-electron chi connectivity index (χ4n) is 2.67. The van der Waals surface area contributed by atoms with E-state index >= 15 is 0 Å². The van der Waals surface area contributed by atoms with E-state index in [0.29, 0.717) is 0 Å². The molecule has 0 spiro atoms. The van der Waals surface area contributed by atoms with Crippen molar-refractivity contribution in [3.8, 4) is 0 Å². The van der Waals surface area contributed by atoms with Gasteiger partial charge in [0.15, 0.2) is 0 Å². The summed E-state index contributed by atoms with van der Waals surface area (Å²) in [6, 6.07) is 8.64. The average molecular weight is 235 g/mol. The SMILES string of the molecule is CC(C)(C)C1=CCC([C]2C=Cc3ccccc32)=C1. The largest absolute Gasteiger partial charge is 0.0767 e. The molecule has 0 N–H and O–H groups in total. The lowest BCUT2D eigenvalue weighted by Gasteiger charge is -2.18. The van der Waals surface area contributed by atoms with E-state index in [4.69, 9.17) is 0 Å². The van der Waals surface area contributed by atoms with Gasteiger partial charge in [0.25, 0.3) is 0 Å². The van der Waals surface area contributed by atoms with Gasteiger partial charge in [-0.1, -0.05) is 74.9 Å². The Morgan fingerprint density at radius 3 is 2.50 bits per heavy atom. The van der Waals surface area contributed by atoms with Crippen molar-refractivity contribution >= 4 is 6.08 Å². The molecular formula is C18H19. The van der Waals surface area contributed by atoms with Gasteiger partial charge in [-0.2, -0.15) is 0 Å². The molecule has 3 rings (SSSR count). The summed E-state index contributed by atoms with van der Waals surface area (Å²) in [6.07, 6.45) is 10.3. The van der Waals surface area contributed by atoms with Crippen LogP contribution < -0.4 is 0 Å². The highest BCUT2D eigenvalue weighted by Crippen LogP contribution is 2.41. The normalized spacial score (nSPS) is 18.8. The average Bonchev–Trinajstić information content (AvgIpc) is 2.94. The Bertz CT molecular complexity index is 562. The molecule has 18 heavy (non-hydrogen) atoms.